The molecule has 2 amide bonds. The summed E-state index contributed by atoms with van der Waals surface area (Å²) in [6.07, 6.45) is 1.59. The molecule has 31 heavy (non-hydrogen) atoms. The average molecular weight is 430 g/mol. The highest BCUT2D eigenvalue weighted by molar-refractivity contribution is 6.39. The molecule has 164 valence electrons. The minimum atomic E-state index is -3.06. The Morgan fingerprint density at radius 3 is 2.71 bits per heavy atom. The van der Waals surface area contributed by atoms with Crippen molar-refractivity contribution < 1.29 is 18.4 Å². The largest absolute Gasteiger partial charge is 0.398 e. The number of amides is 2. The molecular weight excluding hydrogens is 406 g/mol. The summed E-state index contributed by atoms with van der Waals surface area (Å²) in [6, 6.07) is 5.10. The summed E-state index contributed by atoms with van der Waals surface area (Å²) in [4.78, 5) is 30.7. The Morgan fingerprint density at radius 2 is 2.06 bits per heavy atom. The highest BCUT2D eigenvalue weighted by atomic mass is 19.3. The number of carbonyl (C=O) groups excluding carboxylic acids is 2. The van der Waals surface area contributed by atoms with Crippen LogP contribution in [0, 0.1) is 18.3 Å². The van der Waals surface area contributed by atoms with Crippen LogP contribution in [0.3, 0.4) is 0 Å². The van der Waals surface area contributed by atoms with E-state index in [1.54, 1.807) is 31.2 Å². The van der Waals surface area contributed by atoms with Gasteiger partial charge in [0.15, 0.2) is 0 Å². The molecule has 2 aromatic rings. The third-order valence-electron chi connectivity index (χ3n) is 5.54. The molecule has 1 unspecified atom stereocenters. The number of halogens is 2. The van der Waals surface area contributed by atoms with Crippen LogP contribution in [-0.4, -0.2) is 40.4 Å². The Bertz CT molecular complexity index is 1040. The molecule has 0 radical (unpaired) electrons. The molecule has 1 fully saturated rings. The van der Waals surface area contributed by atoms with Crippen LogP contribution in [0.1, 0.15) is 36.1 Å². The molecule has 0 bridgehead atoms. The lowest BCUT2D eigenvalue weighted by Crippen LogP contribution is -2.52. The van der Waals surface area contributed by atoms with Crippen LogP contribution >= 0.6 is 0 Å². The minimum Gasteiger partial charge on any atom is -0.398 e. The molecule has 1 aliphatic rings. The van der Waals surface area contributed by atoms with Gasteiger partial charge in [-0.3, -0.25) is 9.59 Å². The third-order valence-corrected chi connectivity index (χ3v) is 5.54. The van der Waals surface area contributed by atoms with Gasteiger partial charge in [-0.25, -0.2) is 13.8 Å². The van der Waals surface area contributed by atoms with Crippen molar-refractivity contribution in [1.82, 2.24) is 9.88 Å². The number of hydrogen-bond acceptors (Lipinski definition) is 6. The van der Waals surface area contributed by atoms with Crippen LogP contribution in [0.2, 0.25) is 0 Å². The maximum atomic E-state index is 14.6. The molecule has 8 nitrogen and oxygen atoms in total. The predicted octanol–water partition coefficient (Wildman–Crippen LogP) is 2.74. The molecule has 3 rings (SSSR count). The number of carbonyl (C=O) groups is 2. The van der Waals surface area contributed by atoms with Gasteiger partial charge in [0.05, 0.1) is 17.9 Å². The summed E-state index contributed by atoms with van der Waals surface area (Å²) >= 11 is 0. The van der Waals surface area contributed by atoms with Crippen molar-refractivity contribution in [3.8, 4) is 0 Å². The van der Waals surface area contributed by atoms with Crippen LogP contribution < -0.4 is 16.8 Å². The van der Waals surface area contributed by atoms with E-state index >= 15 is 0 Å². The number of aryl methyl sites for hydroxylation is 1. The average Bonchev–Trinajstić information content (AvgIpc) is 2.71. The zero-order valence-corrected chi connectivity index (χ0v) is 17.2. The number of nitrogens with two attached hydrogens (primary N) is 2. The van der Waals surface area contributed by atoms with Crippen LogP contribution in [-0.2, 0) is 9.59 Å². The summed E-state index contributed by atoms with van der Waals surface area (Å²) in [5, 5.41) is 10.1. The quantitative estimate of drug-likeness (QED) is 0.337. The fourth-order valence-electron chi connectivity index (χ4n) is 3.65. The topological polar surface area (TPSA) is 138 Å². The summed E-state index contributed by atoms with van der Waals surface area (Å²) in [7, 11) is 0. The first-order chi connectivity index (χ1) is 14.5. The van der Waals surface area contributed by atoms with E-state index in [0.29, 0.717) is 11.1 Å². The lowest BCUT2D eigenvalue weighted by atomic mass is 9.84. The van der Waals surface area contributed by atoms with Crippen molar-refractivity contribution >= 4 is 35.2 Å². The fraction of sp³-hybridized carbons (Fsp3) is 0.333. The molecule has 0 aliphatic carbocycles. The molecule has 2 heterocycles. The van der Waals surface area contributed by atoms with E-state index in [1.165, 1.54) is 13.1 Å². The van der Waals surface area contributed by atoms with Gasteiger partial charge in [0.1, 0.15) is 5.82 Å². The molecule has 2 atom stereocenters. The van der Waals surface area contributed by atoms with E-state index in [4.69, 9.17) is 16.9 Å². The Labute approximate surface area is 178 Å². The highest BCUT2D eigenvalue weighted by Gasteiger charge is 2.49. The second-order valence-corrected chi connectivity index (χ2v) is 7.71. The summed E-state index contributed by atoms with van der Waals surface area (Å²) in [6.45, 7) is 2.71. The molecule has 1 saturated heterocycles. The molecule has 6 N–H and O–H groups in total. The van der Waals surface area contributed by atoms with Gasteiger partial charge >= 0.3 is 11.8 Å². The first-order valence-corrected chi connectivity index (χ1v) is 9.66. The van der Waals surface area contributed by atoms with E-state index in [2.05, 4.69) is 10.3 Å². The predicted molar refractivity (Wildman–Crippen MR) is 114 cm³/mol. The third kappa shape index (κ3) is 4.32. The maximum Gasteiger partial charge on any atom is 0.313 e. The second kappa shape index (κ2) is 8.29. The Morgan fingerprint density at radius 1 is 1.35 bits per heavy atom. The zero-order valence-electron chi connectivity index (χ0n) is 17.2. The Kier molecular flexibility index (Phi) is 5.92. The molecule has 1 aromatic heterocycles. The summed E-state index contributed by atoms with van der Waals surface area (Å²) < 4.78 is 29.2. The normalized spacial score (nSPS) is 20.2. The van der Waals surface area contributed by atoms with Crippen LogP contribution in [0.5, 0.6) is 0 Å². The van der Waals surface area contributed by atoms with Crippen LogP contribution in [0.4, 0.5) is 26.0 Å². The van der Waals surface area contributed by atoms with Gasteiger partial charge in [0.25, 0.3) is 5.92 Å². The molecule has 1 aromatic carbocycles. The van der Waals surface area contributed by atoms with E-state index in [-0.39, 0.29) is 29.3 Å². The highest BCUT2D eigenvalue weighted by Crippen LogP contribution is 2.44. The number of rotatable bonds is 3. The van der Waals surface area contributed by atoms with E-state index < -0.39 is 36.1 Å². The number of hydrogen-bond donors (Lipinski definition) is 4. The minimum absolute atomic E-state index is 0.231. The zero-order chi connectivity index (χ0) is 22.9. The van der Waals surface area contributed by atoms with E-state index in [1.807, 2.05) is 0 Å². The fourth-order valence-corrected chi connectivity index (χ4v) is 3.65. The number of likely N-dealkylation sites (tertiary alicyclic amines) is 1. The van der Waals surface area contributed by atoms with Gasteiger partial charge in [-0.15, -0.1) is 0 Å². The number of piperidine rings is 1. The van der Waals surface area contributed by atoms with Gasteiger partial charge in [-0.05, 0) is 30.2 Å². The number of alkyl halides is 2. The van der Waals surface area contributed by atoms with Crippen molar-refractivity contribution in [2.24, 2.45) is 5.92 Å². The van der Waals surface area contributed by atoms with Gasteiger partial charge < -0.3 is 27.1 Å². The lowest BCUT2D eigenvalue weighted by molar-refractivity contribution is -0.159. The van der Waals surface area contributed by atoms with Crippen molar-refractivity contribution in [3.63, 3.8) is 0 Å². The smallest absolute Gasteiger partial charge is 0.313 e. The summed E-state index contributed by atoms with van der Waals surface area (Å²) in [5.74, 6) is -5.85. The van der Waals surface area contributed by atoms with Crippen molar-refractivity contribution in [3.05, 3.63) is 47.2 Å². The number of aromatic nitrogens is 1. The number of nitrogens with one attached hydrogen (secondary N) is 2. The second-order valence-electron chi connectivity index (χ2n) is 7.71. The molecule has 10 heteroatoms. The first kappa shape index (κ1) is 22.1. The van der Waals surface area contributed by atoms with Crippen molar-refractivity contribution in [2.45, 2.75) is 32.2 Å². The summed E-state index contributed by atoms with van der Waals surface area (Å²) in [5.41, 5.74) is 13.2. The van der Waals surface area contributed by atoms with Crippen molar-refractivity contribution in [1.29, 1.82) is 5.41 Å². The molecule has 0 spiro atoms. The standard InChI is InChI=1S/C21H24F2N6O2/c1-11-6-13(9-27-18(11)26)28-19(30)20(31)29-10-12(2)21(22,23)7-17(29)14-4-3-5-16(25)15(14)8-24/h3-6,8-9,12,17,24H,7,10,25H2,1-2H3,(H2,26,27)(H,28,30)/t12-,17?/m1/s1. The van der Waals surface area contributed by atoms with E-state index in [0.717, 1.165) is 11.1 Å². The first-order valence-electron chi connectivity index (χ1n) is 9.66. The van der Waals surface area contributed by atoms with Crippen LogP contribution in [0.25, 0.3) is 0 Å². The van der Waals surface area contributed by atoms with Gasteiger partial charge in [-0.2, -0.15) is 0 Å². The van der Waals surface area contributed by atoms with Gasteiger partial charge in [-0.1, -0.05) is 19.1 Å². The number of nitrogen functional groups attached to an aromatic ring is 2. The monoisotopic (exact) mass is 430 g/mol. The number of benzene rings is 1. The van der Waals surface area contributed by atoms with Crippen molar-refractivity contribution in [2.75, 3.05) is 23.3 Å². The number of nitrogens with zero attached hydrogens (tertiary/aromatic N) is 2. The molecular formula is C21H24F2N6O2. The Balaban J connectivity index is 1.94. The lowest BCUT2D eigenvalue weighted by Gasteiger charge is -2.43. The van der Waals surface area contributed by atoms with Gasteiger partial charge in [0.2, 0.25) is 0 Å². The Hall–Kier alpha value is -3.56. The van der Waals surface area contributed by atoms with E-state index in [9.17, 15) is 18.4 Å². The molecule has 0 saturated carbocycles. The SMILES string of the molecule is Cc1cc(NC(=O)C(=O)N2C[C@@H](C)C(F)(F)CC2c2cccc(N)c2C=N)cnc1N. The molecule has 1 aliphatic heterocycles. The number of anilines is 3. The maximum absolute atomic E-state index is 14.6. The van der Waals surface area contributed by atoms with Gasteiger partial charge in [0, 0.05) is 36.3 Å². The number of pyridine rings is 1. The van der Waals surface area contributed by atoms with Crippen LogP contribution in [0.15, 0.2) is 30.5 Å².